The van der Waals surface area contributed by atoms with E-state index >= 15 is 0 Å². The lowest BCUT2D eigenvalue weighted by Crippen LogP contribution is -1.83. The Balaban J connectivity index is 0.00000144. The zero-order valence-electron chi connectivity index (χ0n) is 9.85. The van der Waals surface area contributed by atoms with Crippen LogP contribution in [-0.2, 0) is 0 Å². The first-order chi connectivity index (χ1) is 7.75. The number of aromatic nitrogens is 1. The van der Waals surface area contributed by atoms with E-state index in [0.717, 1.165) is 11.9 Å². The highest BCUT2D eigenvalue weighted by molar-refractivity contribution is 5.80. The van der Waals surface area contributed by atoms with Crippen LogP contribution in [0.25, 0.3) is 17.0 Å². The summed E-state index contributed by atoms with van der Waals surface area (Å²) in [6.45, 7) is 4.45. The van der Waals surface area contributed by atoms with Gasteiger partial charge in [0, 0.05) is 11.6 Å². The summed E-state index contributed by atoms with van der Waals surface area (Å²) in [5, 5.41) is 1.20. The summed E-state index contributed by atoms with van der Waals surface area (Å²) in [6, 6.07) is 10.4. The van der Waals surface area contributed by atoms with E-state index in [-0.39, 0.29) is 7.43 Å². The number of benzene rings is 1. The highest BCUT2D eigenvalue weighted by Gasteiger charge is 1.94. The smallest absolute Gasteiger partial charge is 0.0702 e. The molecule has 0 unspecified atom stereocenters. The van der Waals surface area contributed by atoms with Crippen molar-refractivity contribution in [1.29, 1.82) is 0 Å². The molecule has 90 valence electrons. The van der Waals surface area contributed by atoms with Crippen molar-refractivity contribution in [1.82, 2.24) is 4.98 Å². The Morgan fingerprint density at radius 2 is 2.00 bits per heavy atom. The summed E-state index contributed by atoms with van der Waals surface area (Å²) in [7, 11) is 0. The van der Waals surface area contributed by atoms with Crippen LogP contribution in [0.15, 0.2) is 42.6 Å². The van der Waals surface area contributed by atoms with Crippen molar-refractivity contribution < 1.29 is 0 Å². The van der Waals surface area contributed by atoms with Crippen LogP contribution in [0.4, 0.5) is 0 Å². The van der Waals surface area contributed by atoms with E-state index in [1.807, 2.05) is 24.4 Å². The van der Waals surface area contributed by atoms with Crippen molar-refractivity contribution in [3.63, 3.8) is 0 Å². The minimum absolute atomic E-state index is 0. The molecule has 0 saturated carbocycles. The maximum atomic E-state index is 4.43. The lowest BCUT2D eigenvalue weighted by atomic mass is 10.1. The predicted octanol–water partition coefficient (Wildman–Crippen LogP) is 4.93. The second-order valence-corrected chi connectivity index (χ2v) is 4.49. The molecule has 0 radical (unpaired) electrons. The van der Waals surface area contributed by atoms with Gasteiger partial charge in [0.2, 0.25) is 0 Å². The van der Waals surface area contributed by atoms with E-state index in [1.165, 1.54) is 10.9 Å². The summed E-state index contributed by atoms with van der Waals surface area (Å²) < 4.78 is 0. The first kappa shape index (κ1) is 13.4. The molecule has 2 aromatic rings. The summed E-state index contributed by atoms with van der Waals surface area (Å²) in [5.74, 6) is 0.713. The number of allylic oxidation sites excluding steroid dienone is 1. The van der Waals surface area contributed by atoms with Crippen LogP contribution in [0.5, 0.6) is 0 Å². The molecule has 1 aromatic carbocycles. The topological polar surface area (TPSA) is 12.9 Å². The molecule has 1 aromatic heterocycles. The second kappa shape index (κ2) is 6.19. The second-order valence-electron chi connectivity index (χ2n) is 4.49. The van der Waals surface area contributed by atoms with Gasteiger partial charge in [-0.15, -0.1) is 0 Å². The van der Waals surface area contributed by atoms with Gasteiger partial charge in [0.15, 0.2) is 0 Å². The molecule has 0 aliphatic rings. The average molecular weight is 227 g/mol. The number of hydrogen-bond donors (Lipinski definition) is 0. The average Bonchev–Trinajstić information content (AvgIpc) is 2.28. The third-order valence-corrected chi connectivity index (χ3v) is 2.53. The minimum atomic E-state index is 0. The number of fused-ring (bicyclic) bond motifs is 1. The Labute approximate surface area is 104 Å². The van der Waals surface area contributed by atoms with Gasteiger partial charge in [-0.05, 0) is 30.0 Å². The maximum absolute atomic E-state index is 4.43. The molecule has 17 heavy (non-hydrogen) atoms. The van der Waals surface area contributed by atoms with Crippen LogP contribution in [0.2, 0.25) is 0 Å². The summed E-state index contributed by atoms with van der Waals surface area (Å²) in [5.41, 5.74) is 2.24. The quantitative estimate of drug-likeness (QED) is 0.724. The van der Waals surface area contributed by atoms with Crippen LogP contribution in [0.1, 0.15) is 33.3 Å². The highest BCUT2D eigenvalue weighted by Crippen LogP contribution is 2.14. The van der Waals surface area contributed by atoms with Crippen molar-refractivity contribution in [3.8, 4) is 0 Å². The summed E-state index contributed by atoms with van der Waals surface area (Å²) >= 11 is 0. The number of hydrogen-bond acceptors (Lipinski definition) is 1. The van der Waals surface area contributed by atoms with Gasteiger partial charge in [-0.3, -0.25) is 4.98 Å². The molecule has 0 bridgehead atoms. The number of para-hydroxylation sites is 1. The number of nitrogens with zero attached hydrogens (tertiary/aromatic N) is 1. The maximum Gasteiger partial charge on any atom is 0.0702 e. The van der Waals surface area contributed by atoms with E-state index in [2.05, 4.69) is 43.1 Å². The molecule has 1 heteroatoms. The molecule has 0 aliphatic carbocycles. The third-order valence-electron chi connectivity index (χ3n) is 2.53. The zero-order valence-corrected chi connectivity index (χ0v) is 9.85. The standard InChI is InChI=1S/C15H17N.CH4/c1-12(2)6-5-7-13-10-14-8-3-4-9-15(14)16-11-13;/h3-5,7-12H,6H2,1-2H3;1H4/b7-5+;. The Bertz CT molecular complexity index is 498. The fraction of sp³-hybridized carbons (Fsp3) is 0.312. The lowest BCUT2D eigenvalue weighted by molar-refractivity contribution is 0.665. The molecule has 0 saturated heterocycles. The summed E-state index contributed by atoms with van der Waals surface area (Å²) in [6.07, 6.45) is 7.42. The third kappa shape index (κ3) is 3.70. The van der Waals surface area contributed by atoms with Crippen LogP contribution in [0.3, 0.4) is 0 Å². The predicted molar refractivity (Wildman–Crippen MR) is 77.0 cm³/mol. The largest absolute Gasteiger partial charge is 0.256 e. The van der Waals surface area contributed by atoms with Gasteiger partial charge >= 0.3 is 0 Å². The monoisotopic (exact) mass is 227 g/mol. The van der Waals surface area contributed by atoms with Gasteiger partial charge in [-0.25, -0.2) is 0 Å². The molecule has 0 N–H and O–H groups in total. The molecular formula is C16H21N. The fourth-order valence-corrected chi connectivity index (χ4v) is 1.66. The van der Waals surface area contributed by atoms with Gasteiger partial charge in [0.05, 0.1) is 5.52 Å². The molecule has 0 spiro atoms. The van der Waals surface area contributed by atoms with Gasteiger partial charge < -0.3 is 0 Å². The van der Waals surface area contributed by atoms with Crippen molar-refractivity contribution >= 4 is 17.0 Å². The lowest BCUT2D eigenvalue weighted by Gasteiger charge is -1.99. The highest BCUT2D eigenvalue weighted by atomic mass is 14.6. The van der Waals surface area contributed by atoms with E-state index in [0.29, 0.717) is 5.92 Å². The molecule has 0 aliphatic heterocycles. The zero-order chi connectivity index (χ0) is 11.4. The van der Waals surface area contributed by atoms with Crippen molar-refractivity contribution in [3.05, 3.63) is 48.2 Å². The molecule has 1 nitrogen and oxygen atoms in total. The van der Waals surface area contributed by atoms with E-state index in [4.69, 9.17) is 0 Å². The van der Waals surface area contributed by atoms with Gasteiger partial charge in [-0.1, -0.05) is 51.6 Å². The molecule has 2 rings (SSSR count). The van der Waals surface area contributed by atoms with Crippen LogP contribution in [-0.4, -0.2) is 4.98 Å². The van der Waals surface area contributed by atoms with Crippen molar-refractivity contribution in [2.24, 2.45) is 5.92 Å². The molecule has 0 fully saturated rings. The van der Waals surface area contributed by atoms with Crippen molar-refractivity contribution in [2.75, 3.05) is 0 Å². The first-order valence-electron chi connectivity index (χ1n) is 5.77. The summed E-state index contributed by atoms with van der Waals surface area (Å²) in [4.78, 5) is 4.43. The Kier molecular flexibility index (Phi) is 4.89. The van der Waals surface area contributed by atoms with Gasteiger partial charge in [0.25, 0.3) is 0 Å². The Morgan fingerprint density at radius 3 is 2.76 bits per heavy atom. The first-order valence-corrected chi connectivity index (χ1v) is 5.77. The molecule has 0 amide bonds. The number of rotatable bonds is 3. The van der Waals surface area contributed by atoms with Gasteiger partial charge in [0.1, 0.15) is 0 Å². The SMILES string of the molecule is C.CC(C)C/C=C/c1cnc2ccccc2c1. The molecule has 1 heterocycles. The van der Waals surface area contributed by atoms with Crippen molar-refractivity contribution in [2.45, 2.75) is 27.7 Å². The van der Waals surface area contributed by atoms with Crippen LogP contribution >= 0.6 is 0 Å². The number of pyridine rings is 1. The van der Waals surface area contributed by atoms with E-state index in [9.17, 15) is 0 Å². The Morgan fingerprint density at radius 1 is 1.24 bits per heavy atom. The normalized spacial score (nSPS) is 11.0. The molecular weight excluding hydrogens is 206 g/mol. The minimum Gasteiger partial charge on any atom is -0.256 e. The van der Waals surface area contributed by atoms with Gasteiger partial charge in [-0.2, -0.15) is 0 Å². The van der Waals surface area contributed by atoms with E-state index < -0.39 is 0 Å². The van der Waals surface area contributed by atoms with E-state index in [1.54, 1.807) is 0 Å². The van der Waals surface area contributed by atoms with Crippen LogP contribution in [0, 0.1) is 5.92 Å². The Hall–Kier alpha value is -1.63. The molecule has 0 atom stereocenters. The fourth-order valence-electron chi connectivity index (χ4n) is 1.66. The van der Waals surface area contributed by atoms with Crippen LogP contribution < -0.4 is 0 Å².